The van der Waals surface area contributed by atoms with Crippen LogP contribution in [0.1, 0.15) is 6.42 Å². The van der Waals surface area contributed by atoms with Crippen LogP contribution >= 0.6 is 15.9 Å². The Morgan fingerprint density at radius 2 is 2.33 bits per heavy atom. The lowest BCUT2D eigenvalue weighted by atomic mass is 10.1. The van der Waals surface area contributed by atoms with Crippen molar-refractivity contribution in [2.75, 3.05) is 18.0 Å². The second-order valence-electron chi connectivity index (χ2n) is 4.22. The van der Waals surface area contributed by atoms with Gasteiger partial charge in [-0.25, -0.2) is 0 Å². The average molecular weight is 313 g/mol. The van der Waals surface area contributed by atoms with Gasteiger partial charge in [-0.15, -0.1) is 0 Å². The molecule has 0 aromatic heterocycles. The molecule has 1 saturated heterocycles. The van der Waals surface area contributed by atoms with Crippen LogP contribution in [0.2, 0.25) is 0 Å². The van der Waals surface area contributed by atoms with Gasteiger partial charge in [-0.1, -0.05) is 22.0 Å². The van der Waals surface area contributed by atoms with Crippen molar-refractivity contribution >= 4 is 33.5 Å². The van der Waals surface area contributed by atoms with E-state index in [0.29, 0.717) is 6.54 Å². The first-order valence-corrected chi connectivity index (χ1v) is 6.35. The van der Waals surface area contributed by atoms with Gasteiger partial charge in [0.05, 0.1) is 19.0 Å². The largest absolute Gasteiger partial charge is 0.481 e. The number of anilines is 1. The summed E-state index contributed by atoms with van der Waals surface area (Å²) in [6.45, 7) is 0.765. The Balaban J connectivity index is 2.13. The van der Waals surface area contributed by atoms with Crippen LogP contribution in [-0.2, 0) is 9.59 Å². The predicted molar refractivity (Wildman–Crippen MR) is 70.5 cm³/mol. The first-order chi connectivity index (χ1) is 8.54. The number of nitrogens with zero attached hydrogens (tertiary/aromatic N) is 1. The molecule has 1 aromatic rings. The molecule has 1 heterocycles. The Morgan fingerprint density at radius 3 is 3.00 bits per heavy atom. The number of carbonyl (C=O) groups excluding carboxylic acids is 1. The fourth-order valence-corrected chi connectivity index (χ4v) is 2.41. The number of amides is 1. The number of piperazine rings is 1. The molecule has 1 unspecified atom stereocenters. The second kappa shape index (κ2) is 5.39. The van der Waals surface area contributed by atoms with Crippen LogP contribution in [0.4, 0.5) is 5.69 Å². The van der Waals surface area contributed by atoms with Gasteiger partial charge in [-0.3, -0.25) is 9.59 Å². The van der Waals surface area contributed by atoms with Gasteiger partial charge < -0.3 is 15.3 Å². The third kappa shape index (κ3) is 3.22. The molecule has 0 aliphatic carbocycles. The van der Waals surface area contributed by atoms with Crippen LogP contribution < -0.4 is 10.2 Å². The summed E-state index contributed by atoms with van der Waals surface area (Å²) in [5.41, 5.74) is 0.912. The Labute approximate surface area is 113 Å². The van der Waals surface area contributed by atoms with Crippen LogP contribution in [0.3, 0.4) is 0 Å². The third-order valence-corrected chi connectivity index (χ3v) is 3.23. The Kier molecular flexibility index (Phi) is 3.86. The van der Waals surface area contributed by atoms with E-state index in [9.17, 15) is 9.59 Å². The van der Waals surface area contributed by atoms with Gasteiger partial charge in [-0.05, 0) is 18.2 Å². The van der Waals surface area contributed by atoms with Gasteiger partial charge in [0, 0.05) is 16.7 Å². The van der Waals surface area contributed by atoms with E-state index in [-0.39, 0.29) is 24.9 Å². The van der Waals surface area contributed by atoms with Crippen LogP contribution in [0.25, 0.3) is 0 Å². The summed E-state index contributed by atoms with van der Waals surface area (Å²) in [6.07, 6.45) is -0.0593. The minimum absolute atomic E-state index is 0.0593. The van der Waals surface area contributed by atoms with Crippen LogP contribution in [-0.4, -0.2) is 36.1 Å². The van der Waals surface area contributed by atoms with Crippen molar-refractivity contribution in [1.29, 1.82) is 0 Å². The molecule has 0 radical (unpaired) electrons. The standard InChI is InChI=1S/C12H13BrN2O3/c13-8-2-1-3-10(4-8)15-6-9(5-12(17)18)14-11(16)7-15/h1-4,9H,5-7H2,(H,14,16)(H,17,18). The molecule has 2 N–H and O–H groups in total. The van der Waals surface area contributed by atoms with Gasteiger partial charge in [0.1, 0.15) is 0 Å². The number of carboxylic acids is 1. The van der Waals surface area contributed by atoms with Crippen LogP contribution in [0, 0.1) is 0 Å². The monoisotopic (exact) mass is 312 g/mol. The van der Waals surface area contributed by atoms with Crippen molar-refractivity contribution in [1.82, 2.24) is 5.32 Å². The minimum atomic E-state index is -0.906. The topological polar surface area (TPSA) is 69.6 Å². The normalized spacial score (nSPS) is 19.5. The maximum absolute atomic E-state index is 11.6. The molecule has 1 aromatic carbocycles. The average Bonchev–Trinajstić information content (AvgIpc) is 2.27. The molecule has 1 fully saturated rings. The third-order valence-electron chi connectivity index (χ3n) is 2.73. The first-order valence-electron chi connectivity index (χ1n) is 5.56. The summed E-state index contributed by atoms with van der Waals surface area (Å²) < 4.78 is 0.931. The Bertz CT molecular complexity index is 476. The van der Waals surface area contributed by atoms with E-state index < -0.39 is 5.97 Å². The fraction of sp³-hybridized carbons (Fsp3) is 0.333. The number of hydrogen-bond acceptors (Lipinski definition) is 3. The number of carbonyl (C=O) groups is 2. The minimum Gasteiger partial charge on any atom is -0.481 e. The molecule has 0 spiro atoms. The number of halogens is 1. The lowest BCUT2D eigenvalue weighted by Gasteiger charge is -2.34. The SMILES string of the molecule is O=C(O)CC1CN(c2cccc(Br)c2)CC(=O)N1. The van der Waals surface area contributed by atoms with Gasteiger partial charge in [-0.2, -0.15) is 0 Å². The van der Waals surface area contributed by atoms with E-state index in [1.807, 2.05) is 29.2 Å². The molecular weight excluding hydrogens is 300 g/mol. The number of hydrogen-bond donors (Lipinski definition) is 2. The molecule has 1 aliphatic heterocycles. The molecule has 96 valence electrons. The molecule has 2 rings (SSSR count). The van der Waals surface area contributed by atoms with Crippen molar-refractivity contribution in [3.05, 3.63) is 28.7 Å². The summed E-state index contributed by atoms with van der Waals surface area (Å²) in [7, 11) is 0. The Morgan fingerprint density at radius 1 is 1.56 bits per heavy atom. The quantitative estimate of drug-likeness (QED) is 0.880. The maximum Gasteiger partial charge on any atom is 0.305 e. The molecular formula is C12H13BrN2O3. The van der Waals surface area contributed by atoms with Crippen LogP contribution in [0.15, 0.2) is 28.7 Å². The summed E-state index contributed by atoms with van der Waals surface area (Å²) in [6, 6.07) is 7.26. The van der Waals surface area contributed by atoms with Gasteiger partial charge in [0.15, 0.2) is 0 Å². The van der Waals surface area contributed by atoms with E-state index in [2.05, 4.69) is 21.2 Å². The lowest BCUT2D eigenvalue weighted by molar-refractivity contribution is -0.137. The van der Waals surface area contributed by atoms with Gasteiger partial charge in [0.2, 0.25) is 5.91 Å². The summed E-state index contributed by atoms with van der Waals surface area (Å²) in [4.78, 5) is 24.1. The maximum atomic E-state index is 11.6. The first kappa shape index (κ1) is 12.9. The summed E-state index contributed by atoms with van der Waals surface area (Å²) in [5, 5.41) is 11.5. The van der Waals surface area contributed by atoms with E-state index in [1.54, 1.807) is 0 Å². The van der Waals surface area contributed by atoms with Crippen LogP contribution in [0.5, 0.6) is 0 Å². The Hall–Kier alpha value is -1.56. The fourth-order valence-electron chi connectivity index (χ4n) is 2.02. The molecule has 1 aliphatic rings. The van der Waals surface area contributed by atoms with Gasteiger partial charge >= 0.3 is 5.97 Å². The molecule has 5 nitrogen and oxygen atoms in total. The smallest absolute Gasteiger partial charge is 0.305 e. The molecule has 1 amide bonds. The number of carboxylic acid groups (broad SMARTS) is 1. The van der Waals surface area contributed by atoms with Crippen molar-refractivity contribution in [2.24, 2.45) is 0 Å². The summed E-state index contributed by atoms with van der Waals surface area (Å²) >= 11 is 3.38. The van der Waals surface area contributed by atoms with Crippen molar-refractivity contribution in [2.45, 2.75) is 12.5 Å². The zero-order valence-corrected chi connectivity index (χ0v) is 11.2. The molecule has 0 saturated carbocycles. The summed E-state index contributed by atoms with van der Waals surface area (Å²) in [5.74, 6) is -1.05. The molecule has 6 heteroatoms. The molecule has 1 atom stereocenters. The van der Waals surface area contributed by atoms with Crippen molar-refractivity contribution in [3.63, 3.8) is 0 Å². The zero-order chi connectivity index (χ0) is 13.1. The van der Waals surface area contributed by atoms with E-state index in [0.717, 1.165) is 10.2 Å². The highest BCUT2D eigenvalue weighted by Gasteiger charge is 2.26. The molecule has 0 bridgehead atoms. The number of aliphatic carboxylic acids is 1. The number of benzene rings is 1. The number of nitrogens with one attached hydrogen (secondary N) is 1. The molecule has 18 heavy (non-hydrogen) atoms. The highest BCUT2D eigenvalue weighted by atomic mass is 79.9. The predicted octanol–water partition coefficient (Wildman–Crippen LogP) is 1.23. The van der Waals surface area contributed by atoms with E-state index in [4.69, 9.17) is 5.11 Å². The van der Waals surface area contributed by atoms with Crippen molar-refractivity contribution in [3.8, 4) is 0 Å². The van der Waals surface area contributed by atoms with E-state index in [1.165, 1.54) is 0 Å². The second-order valence-corrected chi connectivity index (χ2v) is 5.14. The van der Waals surface area contributed by atoms with Gasteiger partial charge in [0.25, 0.3) is 0 Å². The highest BCUT2D eigenvalue weighted by molar-refractivity contribution is 9.10. The lowest BCUT2D eigenvalue weighted by Crippen LogP contribution is -2.54. The van der Waals surface area contributed by atoms with E-state index >= 15 is 0 Å². The highest BCUT2D eigenvalue weighted by Crippen LogP contribution is 2.21. The number of rotatable bonds is 3. The van der Waals surface area contributed by atoms with Crippen molar-refractivity contribution < 1.29 is 14.7 Å². The zero-order valence-electron chi connectivity index (χ0n) is 9.60.